The van der Waals surface area contributed by atoms with Crippen molar-refractivity contribution < 1.29 is 9.59 Å². The number of nitrogens with one attached hydrogen (secondary N) is 3. The largest absolute Gasteiger partial charge is 0.355 e. The van der Waals surface area contributed by atoms with Crippen molar-refractivity contribution >= 4 is 11.8 Å². The summed E-state index contributed by atoms with van der Waals surface area (Å²) in [5, 5.41) is 8.66. The number of carbonyl (C=O) groups is 2. The molecule has 0 saturated carbocycles. The van der Waals surface area contributed by atoms with Crippen LogP contribution in [-0.2, 0) is 9.59 Å². The average molecular weight is 227 g/mol. The Hall–Kier alpha value is -1.10. The molecule has 1 heterocycles. The smallest absolute Gasteiger partial charge is 0.225 e. The first-order valence-electron chi connectivity index (χ1n) is 5.91. The summed E-state index contributed by atoms with van der Waals surface area (Å²) in [6.45, 7) is 5.93. The van der Waals surface area contributed by atoms with Gasteiger partial charge in [-0.3, -0.25) is 9.59 Å². The quantitative estimate of drug-likeness (QED) is 0.579. The zero-order chi connectivity index (χ0) is 12.0. The number of rotatable bonds is 6. The lowest BCUT2D eigenvalue weighted by Gasteiger charge is -2.25. The van der Waals surface area contributed by atoms with Gasteiger partial charge >= 0.3 is 0 Å². The summed E-state index contributed by atoms with van der Waals surface area (Å²) in [5.41, 5.74) is 0. The molecule has 16 heavy (non-hydrogen) atoms. The van der Waals surface area contributed by atoms with Crippen molar-refractivity contribution in [3.8, 4) is 0 Å². The Morgan fingerprint density at radius 3 is 2.62 bits per heavy atom. The SMILES string of the molecule is CCC(C)NC(=O)CCNC(=O)C1CNC1. The lowest BCUT2D eigenvalue weighted by molar-refractivity contribution is -0.126. The van der Waals surface area contributed by atoms with Crippen molar-refractivity contribution in [2.24, 2.45) is 5.92 Å². The van der Waals surface area contributed by atoms with Crippen LogP contribution in [0.3, 0.4) is 0 Å². The zero-order valence-corrected chi connectivity index (χ0v) is 10.0. The molecule has 0 aromatic carbocycles. The van der Waals surface area contributed by atoms with Crippen molar-refractivity contribution in [1.82, 2.24) is 16.0 Å². The van der Waals surface area contributed by atoms with Gasteiger partial charge in [0.15, 0.2) is 0 Å². The van der Waals surface area contributed by atoms with Crippen LogP contribution >= 0.6 is 0 Å². The van der Waals surface area contributed by atoms with Crippen LogP contribution in [0.1, 0.15) is 26.7 Å². The van der Waals surface area contributed by atoms with Gasteiger partial charge in [-0.1, -0.05) is 6.92 Å². The fraction of sp³-hybridized carbons (Fsp3) is 0.818. The predicted molar refractivity (Wildman–Crippen MR) is 61.9 cm³/mol. The van der Waals surface area contributed by atoms with E-state index in [9.17, 15) is 9.59 Å². The fourth-order valence-electron chi connectivity index (χ4n) is 1.37. The summed E-state index contributed by atoms with van der Waals surface area (Å²) >= 11 is 0. The van der Waals surface area contributed by atoms with E-state index in [1.807, 2.05) is 13.8 Å². The minimum absolute atomic E-state index is 0.00128. The molecule has 0 spiro atoms. The monoisotopic (exact) mass is 227 g/mol. The highest BCUT2D eigenvalue weighted by Crippen LogP contribution is 2.01. The summed E-state index contributed by atoms with van der Waals surface area (Å²) < 4.78 is 0. The molecule has 0 aromatic rings. The molecule has 5 heteroatoms. The fourth-order valence-corrected chi connectivity index (χ4v) is 1.37. The third-order valence-electron chi connectivity index (χ3n) is 2.82. The average Bonchev–Trinajstić information content (AvgIpc) is 2.14. The normalized spacial score (nSPS) is 17.4. The molecule has 5 nitrogen and oxygen atoms in total. The van der Waals surface area contributed by atoms with Crippen LogP contribution < -0.4 is 16.0 Å². The standard InChI is InChI=1S/C11H21N3O2/c1-3-8(2)14-10(15)4-5-13-11(16)9-6-12-7-9/h8-9,12H,3-7H2,1-2H3,(H,13,16)(H,14,15). The number of carbonyl (C=O) groups excluding carboxylic acids is 2. The van der Waals surface area contributed by atoms with Gasteiger partial charge in [0.2, 0.25) is 11.8 Å². The Morgan fingerprint density at radius 1 is 1.44 bits per heavy atom. The van der Waals surface area contributed by atoms with Gasteiger partial charge in [0.05, 0.1) is 5.92 Å². The molecule has 0 radical (unpaired) electrons. The topological polar surface area (TPSA) is 70.2 Å². The molecule has 1 aliphatic rings. The molecule has 92 valence electrons. The maximum atomic E-state index is 11.4. The van der Waals surface area contributed by atoms with E-state index in [4.69, 9.17) is 0 Å². The van der Waals surface area contributed by atoms with E-state index in [0.29, 0.717) is 13.0 Å². The van der Waals surface area contributed by atoms with E-state index >= 15 is 0 Å². The van der Waals surface area contributed by atoms with Gasteiger partial charge < -0.3 is 16.0 Å². The molecule has 0 aromatic heterocycles. The van der Waals surface area contributed by atoms with Crippen molar-refractivity contribution in [2.45, 2.75) is 32.7 Å². The van der Waals surface area contributed by atoms with Crippen LogP contribution in [0.2, 0.25) is 0 Å². The van der Waals surface area contributed by atoms with Gasteiger partial charge in [-0.25, -0.2) is 0 Å². The molecule has 1 aliphatic heterocycles. The Kier molecular flexibility index (Phi) is 5.25. The van der Waals surface area contributed by atoms with Gasteiger partial charge in [0.1, 0.15) is 0 Å². The van der Waals surface area contributed by atoms with E-state index in [-0.39, 0.29) is 23.8 Å². The minimum Gasteiger partial charge on any atom is -0.355 e. The molecule has 1 fully saturated rings. The van der Waals surface area contributed by atoms with E-state index in [1.54, 1.807) is 0 Å². The van der Waals surface area contributed by atoms with Crippen LogP contribution in [0.5, 0.6) is 0 Å². The second-order valence-electron chi connectivity index (χ2n) is 4.27. The number of amides is 2. The molecule has 0 aliphatic carbocycles. The lowest BCUT2D eigenvalue weighted by atomic mass is 10.0. The third kappa shape index (κ3) is 4.18. The van der Waals surface area contributed by atoms with Crippen molar-refractivity contribution in [3.63, 3.8) is 0 Å². The van der Waals surface area contributed by atoms with Crippen LogP contribution in [0.15, 0.2) is 0 Å². The molecule has 1 atom stereocenters. The molecular weight excluding hydrogens is 206 g/mol. The first kappa shape index (κ1) is 13.0. The predicted octanol–water partition coefficient (Wildman–Crippen LogP) is -0.373. The Labute approximate surface area is 96.4 Å². The lowest BCUT2D eigenvalue weighted by Crippen LogP contribution is -2.51. The molecule has 1 saturated heterocycles. The number of hydrogen-bond acceptors (Lipinski definition) is 3. The van der Waals surface area contributed by atoms with Crippen molar-refractivity contribution in [3.05, 3.63) is 0 Å². The highest BCUT2D eigenvalue weighted by atomic mass is 16.2. The maximum Gasteiger partial charge on any atom is 0.225 e. The zero-order valence-electron chi connectivity index (χ0n) is 10.0. The third-order valence-corrected chi connectivity index (χ3v) is 2.82. The Morgan fingerprint density at radius 2 is 2.12 bits per heavy atom. The van der Waals surface area contributed by atoms with Gasteiger partial charge in [0, 0.05) is 32.1 Å². The van der Waals surface area contributed by atoms with Crippen LogP contribution in [-0.4, -0.2) is 37.5 Å². The molecule has 3 N–H and O–H groups in total. The molecule has 2 amide bonds. The second-order valence-corrected chi connectivity index (χ2v) is 4.27. The van der Waals surface area contributed by atoms with Crippen LogP contribution in [0.25, 0.3) is 0 Å². The first-order chi connectivity index (χ1) is 7.63. The molecule has 1 rings (SSSR count). The summed E-state index contributed by atoms with van der Waals surface area (Å²) in [6, 6.07) is 0.207. The first-order valence-corrected chi connectivity index (χ1v) is 5.91. The van der Waals surface area contributed by atoms with E-state index in [1.165, 1.54) is 0 Å². The van der Waals surface area contributed by atoms with Crippen molar-refractivity contribution in [1.29, 1.82) is 0 Å². The molecular formula is C11H21N3O2. The molecule has 1 unspecified atom stereocenters. The summed E-state index contributed by atoms with van der Waals surface area (Å²) in [6.07, 6.45) is 1.28. The minimum atomic E-state index is 0.00128. The van der Waals surface area contributed by atoms with Gasteiger partial charge in [-0.05, 0) is 13.3 Å². The summed E-state index contributed by atoms with van der Waals surface area (Å²) in [7, 11) is 0. The highest BCUT2D eigenvalue weighted by molar-refractivity contribution is 5.81. The summed E-state index contributed by atoms with van der Waals surface area (Å²) in [5.74, 6) is 0.147. The Bertz CT molecular complexity index is 252. The molecule has 0 bridgehead atoms. The van der Waals surface area contributed by atoms with Gasteiger partial charge in [-0.15, -0.1) is 0 Å². The number of hydrogen-bond donors (Lipinski definition) is 3. The summed E-state index contributed by atoms with van der Waals surface area (Å²) in [4.78, 5) is 22.8. The van der Waals surface area contributed by atoms with Crippen LogP contribution in [0.4, 0.5) is 0 Å². The van der Waals surface area contributed by atoms with E-state index < -0.39 is 0 Å². The van der Waals surface area contributed by atoms with Gasteiger partial charge in [-0.2, -0.15) is 0 Å². The Balaban J connectivity index is 2.05. The van der Waals surface area contributed by atoms with E-state index in [2.05, 4.69) is 16.0 Å². The van der Waals surface area contributed by atoms with Crippen molar-refractivity contribution in [2.75, 3.05) is 19.6 Å². The van der Waals surface area contributed by atoms with E-state index in [0.717, 1.165) is 19.5 Å². The van der Waals surface area contributed by atoms with Crippen LogP contribution in [0, 0.1) is 5.92 Å². The van der Waals surface area contributed by atoms with Gasteiger partial charge in [0.25, 0.3) is 0 Å². The maximum absolute atomic E-state index is 11.4. The second kappa shape index (κ2) is 6.48. The highest BCUT2D eigenvalue weighted by Gasteiger charge is 2.24.